The molecule has 37 heteroatoms. The van der Waals surface area contributed by atoms with Crippen molar-refractivity contribution in [1.29, 1.82) is 0 Å². The third kappa shape index (κ3) is 27.0. The molecular formula is C108H130N32O5. The SMILES string of the molecule is CN(C)CCN(C)c1ccc(NC(=O)c2n[nH]c3ccc(-c4cncc(CN(C)C)c4)cc23)cn1.CN(C)CCN(C)c1ccc(NC(=O)c2n[nH]c3ccc(-c4cncc(N5CCCC5)c4)cc23)cn1.CN(C)CCN(C)c1ccc(NC(=O)c2n[nH]c3ccc(-c4cncc(N5CCCCC5)c4)cc23)cn1.CN(C)CCN(C)c1ccc(NC(=O)c2n[nH]c3ccc(-c4cncc(N5CCOCC5)c4)cc23)cn1. The molecular weight excluding hydrogens is 1830 g/mol. The number of carbonyl (C=O) groups is 4. The normalized spacial score (nSPS) is 13.1. The van der Waals surface area contributed by atoms with Gasteiger partial charge in [0.2, 0.25) is 0 Å². The lowest BCUT2D eigenvalue weighted by atomic mass is 10.0. The molecule has 15 heterocycles. The molecule has 3 aliphatic heterocycles. The van der Waals surface area contributed by atoms with E-state index in [1.807, 2.05) is 270 Å². The second-order valence-electron chi connectivity index (χ2n) is 38.1. The van der Waals surface area contributed by atoms with Gasteiger partial charge in [-0.1, -0.05) is 24.3 Å². The molecule has 0 radical (unpaired) electrons. The highest BCUT2D eigenvalue weighted by atomic mass is 16.5. The standard InChI is InChI=1S/C28H34N8O.C27H32N8O2.C27H32N8O.C26H32N8O/c1-34(2)13-14-35(3)26-10-8-22(18-30-26)31-28(37)27-24-16-20(7-9-25(24)32-33-27)21-15-23(19-29-17-21)36-11-5-4-6-12-36;1-33(2)8-9-34(3)25-7-5-21(17-29-25)30-27(36)26-23-15-19(4-6-24(23)31-32-26)20-14-22(18-28-16-20)35-10-12-37-13-11-35;1-33(2)12-13-34(3)25-9-7-21(17-29-25)30-27(36)26-23-15-19(6-8-24(23)31-32-26)20-14-22(18-28-16-20)35-10-4-5-11-35;1-32(2)10-11-34(5)24-9-7-21(16-28-24)29-26(35)25-22-13-19(6-8-23(22)30-31-25)20-12-18(14-27-15-20)17-33(3)4/h7-10,15-19H,4-6,11-14H2,1-3H3,(H,31,37)(H,32,33);4-7,14-18H,8-13H2,1-3H3,(H,30,36)(H,31,32);6-9,14-18H,4-5,10-13H2,1-3H3,(H,30,36)(H,31,32);6-9,12-16H,10-11,17H2,1-5H3,(H,29,35)(H,30,31). The van der Waals surface area contributed by atoms with E-state index in [0.29, 0.717) is 45.5 Å². The van der Waals surface area contributed by atoms with Crippen LogP contribution < -0.4 is 55.6 Å². The highest BCUT2D eigenvalue weighted by Gasteiger charge is 2.25. The number of carbonyl (C=O) groups excluding carboxylic acids is 4. The molecule has 0 aliphatic carbocycles. The fourth-order valence-electron chi connectivity index (χ4n) is 17.2. The molecule has 0 bridgehead atoms. The smallest absolute Gasteiger partial charge is 0.276 e. The molecule has 3 aliphatic rings. The minimum Gasteiger partial charge on any atom is -0.378 e. The van der Waals surface area contributed by atoms with E-state index in [-0.39, 0.29) is 23.6 Å². The Morgan fingerprint density at radius 2 is 0.552 bits per heavy atom. The molecule has 4 aromatic carbocycles. The number of hydrogen-bond donors (Lipinski definition) is 8. The first-order valence-electron chi connectivity index (χ1n) is 49.0. The van der Waals surface area contributed by atoms with Crippen LogP contribution in [0, 0.1) is 0 Å². The molecule has 3 saturated heterocycles. The summed E-state index contributed by atoms with van der Waals surface area (Å²) in [5, 5.41) is 43.8. The molecule has 145 heavy (non-hydrogen) atoms. The summed E-state index contributed by atoms with van der Waals surface area (Å²) in [5.74, 6) is 2.27. The average molecular weight is 1960 g/mol. The number of aromatic amines is 4. The summed E-state index contributed by atoms with van der Waals surface area (Å²) in [7, 11) is 28.4. The summed E-state index contributed by atoms with van der Waals surface area (Å²) in [6.07, 6.45) is 27.9. The highest BCUT2D eigenvalue weighted by molar-refractivity contribution is 6.15. The number of amides is 4. The van der Waals surface area contributed by atoms with Crippen LogP contribution in [-0.2, 0) is 11.3 Å². The Morgan fingerprint density at radius 3 is 0.821 bits per heavy atom. The van der Waals surface area contributed by atoms with Crippen LogP contribution in [0.15, 0.2) is 220 Å². The fourth-order valence-corrected chi connectivity index (χ4v) is 17.2. The fraction of sp³-hybridized carbons (Fsp3) is 0.333. The number of anilines is 11. The van der Waals surface area contributed by atoms with Gasteiger partial charge in [0.1, 0.15) is 23.3 Å². The predicted octanol–water partition coefficient (Wildman–Crippen LogP) is 14.6. The molecule has 19 rings (SSSR count). The third-order valence-electron chi connectivity index (χ3n) is 25.6. The Labute approximate surface area is 845 Å². The second-order valence-corrected chi connectivity index (χ2v) is 38.1. The van der Waals surface area contributed by atoms with Gasteiger partial charge in [0.15, 0.2) is 22.8 Å². The minimum atomic E-state index is -0.292. The van der Waals surface area contributed by atoms with Gasteiger partial charge >= 0.3 is 0 Å². The predicted molar refractivity (Wildman–Crippen MR) is 581 cm³/mol. The van der Waals surface area contributed by atoms with Gasteiger partial charge in [-0.25, -0.2) is 19.9 Å². The lowest BCUT2D eigenvalue weighted by molar-refractivity contribution is 0.101. The first kappa shape index (κ1) is 102. The quantitative estimate of drug-likeness (QED) is 0.0189. The summed E-state index contributed by atoms with van der Waals surface area (Å²) in [5.41, 5.74) is 19.5. The van der Waals surface area contributed by atoms with Gasteiger partial charge < -0.3 is 84.8 Å². The summed E-state index contributed by atoms with van der Waals surface area (Å²) < 4.78 is 5.47. The lowest BCUT2D eigenvalue weighted by Gasteiger charge is -2.28. The van der Waals surface area contributed by atoms with Crippen LogP contribution >= 0.6 is 0 Å². The number of likely N-dealkylation sites (N-methyl/N-ethyl adjacent to an activating group) is 8. The van der Waals surface area contributed by atoms with Gasteiger partial charge in [-0.05, 0) is 252 Å². The van der Waals surface area contributed by atoms with Gasteiger partial charge in [0, 0.05) is 201 Å². The van der Waals surface area contributed by atoms with Gasteiger partial charge in [-0.15, -0.1) is 0 Å². The van der Waals surface area contributed by atoms with E-state index in [2.05, 4.69) is 185 Å². The topological polar surface area (TPSA) is 382 Å². The molecule has 752 valence electrons. The van der Waals surface area contributed by atoms with Crippen molar-refractivity contribution in [3.63, 3.8) is 0 Å². The number of piperidine rings is 1. The van der Waals surface area contributed by atoms with Gasteiger partial charge in [0.25, 0.3) is 23.6 Å². The molecule has 0 unspecified atom stereocenters. The van der Waals surface area contributed by atoms with Crippen LogP contribution in [0.25, 0.3) is 88.1 Å². The zero-order valence-electron chi connectivity index (χ0n) is 85.1. The number of rotatable bonds is 33. The second kappa shape index (κ2) is 48.3. The van der Waals surface area contributed by atoms with Crippen molar-refractivity contribution in [3.05, 3.63) is 248 Å². The number of morpholine rings is 1. The number of ether oxygens (including phenoxy) is 1. The van der Waals surface area contributed by atoms with E-state index in [9.17, 15) is 19.2 Å². The molecule has 0 spiro atoms. The Balaban J connectivity index is 0.000000139. The van der Waals surface area contributed by atoms with E-state index < -0.39 is 0 Å². The number of nitrogens with one attached hydrogen (secondary N) is 8. The van der Waals surface area contributed by atoms with Gasteiger partial charge in [-0.3, -0.25) is 59.5 Å². The van der Waals surface area contributed by atoms with Crippen molar-refractivity contribution in [2.24, 2.45) is 0 Å². The summed E-state index contributed by atoms with van der Waals surface area (Å²) in [4.78, 5) is 114. The zero-order chi connectivity index (χ0) is 102. The molecule has 37 nitrogen and oxygen atoms in total. The van der Waals surface area contributed by atoms with Crippen molar-refractivity contribution in [3.8, 4) is 44.5 Å². The molecule has 16 aromatic rings. The molecule has 0 atom stereocenters. The third-order valence-corrected chi connectivity index (χ3v) is 25.6. The monoisotopic (exact) mass is 1960 g/mol. The zero-order valence-corrected chi connectivity index (χ0v) is 85.1. The van der Waals surface area contributed by atoms with Crippen LogP contribution in [0.2, 0.25) is 0 Å². The van der Waals surface area contributed by atoms with Crippen LogP contribution in [0.1, 0.15) is 79.6 Å². The van der Waals surface area contributed by atoms with Crippen molar-refractivity contribution in [2.75, 3.05) is 259 Å². The highest BCUT2D eigenvalue weighted by Crippen LogP contribution is 2.36. The first-order chi connectivity index (χ1) is 70.2. The van der Waals surface area contributed by atoms with Crippen molar-refractivity contribution >= 4 is 130 Å². The van der Waals surface area contributed by atoms with E-state index in [0.717, 1.165) is 245 Å². The van der Waals surface area contributed by atoms with E-state index in [1.54, 1.807) is 24.8 Å². The van der Waals surface area contributed by atoms with E-state index in [4.69, 9.17) is 4.74 Å². The molecule has 12 aromatic heterocycles. The van der Waals surface area contributed by atoms with Crippen molar-refractivity contribution < 1.29 is 23.9 Å². The number of aromatic nitrogens is 16. The first-order valence-corrected chi connectivity index (χ1v) is 49.0. The Morgan fingerprint density at radius 1 is 0.283 bits per heavy atom. The molecule has 8 N–H and O–H groups in total. The van der Waals surface area contributed by atoms with Crippen LogP contribution in [0.4, 0.5) is 63.1 Å². The summed E-state index contributed by atoms with van der Waals surface area (Å²) >= 11 is 0. The average Bonchev–Trinajstić information content (AvgIpc) is 1.67. The number of fused-ring (bicyclic) bond motifs is 4. The summed E-state index contributed by atoms with van der Waals surface area (Å²) in [6, 6.07) is 47.5. The van der Waals surface area contributed by atoms with E-state index in [1.165, 1.54) is 32.1 Å². The minimum absolute atomic E-state index is 0.279. The Bertz CT molecular complexity index is 6820. The van der Waals surface area contributed by atoms with Gasteiger partial charge in [0.05, 0.1) is 118 Å². The molecule has 3 fully saturated rings. The van der Waals surface area contributed by atoms with Crippen LogP contribution in [0.5, 0.6) is 0 Å². The van der Waals surface area contributed by atoms with Crippen LogP contribution in [-0.4, -0.2) is 332 Å². The maximum Gasteiger partial charge on any atom is 0.276 e. The van der Waals surface area contributed by atoms with Crippen molar-refractivity contribution in [1.82, 2.24) is 105 Å². The van der Waals surface area contributed by atoms with E-state index >= 15 is 0 Å². The van der Waals surface area contributed by atoms with Crippen molar-refractivity contribution in [2.45, 2.75) is 38.6 Å². The number of hydrogen-bond acceptors (Lipinski definition) is 29. The Kier molecular flexibility index (Phi) is 34.0. The molecule has 0 saturated carbocycles. The van der Waals surface area contributed by atoms with Gasteiger partial charge in [-0.2, -0.15) is 20.4 Å². The Hall–Kier alpha value is -15.8. The number of benzene rings is 4. The number of H-pyrrole nitrogens is 4. The maximum atomic E-state index is 13.1. The number of pyridine rings is 8. The van der Waals surface area contributed by atoms with Crippen LogP contribution in [0.3, 0.4) is 0 Å². The largest absolute Gasteiger partial charge is 0.378 e. The maximum absolute atomic E-state index is 13.1. The summed E-state index contributed by atoms with van der Waals surface area (Å²) in [6.45, 7) is 15.4. The number of nitrogens with zero attached hydrogens (tertiary/aromatic N) is 24. The lowest BCUT2D eigenvalue weighted by Crippen LogP contribution is -2.36. The molecule has 4 amide bonds.